The molecule has 5 heteroatoms. The zero-order valence-electron chi connectivity index (χ0n) is 10.4. The Morgan fingerprint density at radius 2 is 2.06 bits per heavy atom. The molecule has 1 aliphatic heterocycles. The molecule has 1 amide bonds. The summed E-state index contributed by atoms with van der Waals surface area (Å²) in [6, 6.07) is 9.15. The Morgan fingerprint density at radius 1 is 1.39 bits per heavy atom. The van der Waals surface area contributed by atoms with Crippen molar-refractivity contribution < 1.29 is 9.53 Å². The summed E-state index contributed by atoms with van der Waals surface area (Å²) in [7, 11) is 0. The lowest BCUT2D eigenvalue weighted by Crippen LogP contribution is -2.23. The average molecular weight is 245 g/mol. The third-order valence-corrected chi connectivity index (χ3v) is 2.58. The number of nitrogens with two attached hydrogens (primary N) is 1. The molecule has 18 heavy (non-hydrogen) atoms. The molecule has 0 fully saturated rings. The summed E-state index contributed by atoms with van der Waals surface area (Å²) in [5.41, 5.74) is 6.80. The van der Waals surface area contributed by atoms with Gasteiger partial charge >= 0.3 is 0 Å². The molecule has 1 aromatic carbocycles. The fourth-order valence-corrected chi connectivity index (χ4v) is 1.78. The highest BCUT2D eigenvalue weighted by molar-refractivity contribution is 6.29. The van der Waals surface area contributed by atoms with Gasteiger partial charge in [-0.15, -0.1) is 5.10 Å². The molecule has 0 radical (unpaired) electrons. The van der Waals surface area contributed by atoms with Gasteiger partial charge in [-0.3, -0.25) is 4.79 Å². The summed E-state index contributed by atoms with van der Waals surface area (Å²) in [5, 5.41) is 5.35. The zero-order valence-corrected chi connectivity index (χ0v) is 10.4. The smallest absolute Gasteiger partial charge is 0.286 e. The van der Waals surface area contributed by atoms with Crippen LogP contribution in [0.5, 0.6) is 0 Å². The number of amides is 1. The lowest BCUT2D eigenvalue weighted by Gasteiger charge is -2.11. The van der Waals surface area contributed by atoms with Crippen LogP contribution in [0.1, 0.15) is 13.8 Å². The van der Waals surface area contributed by atoms with E-state index in [4.69, 9.17) is 10.5 Å². The Balaban J connectivity index is 2.36. The van der Waals surface area contributed by atoms with E-state index in [0.29, 0.717) is 23.6 Å². The van der Waals surface area contributed by atoms with E-state index >= 15 is 0 Å². The van der Waals surface area contributed by atoms with Crippen LogP contribution in [0.2, 0.25) is 0 Å². The van der Waals surface area contributed by atoms with Crippen molar-refractivity contribution in [2.45, 2.75) is 13.8 Å². The van der Waals surface area contributed by atoms with Crippen molar-refractivity contribution in [2.24, 2.45) is 10.8 Å². The van der Waals surface area contributed by atoms with Crippen molar-refractivity contribution in [3.05, 3.63) is 41.7 Å². The molecular weight excluding hydrogens is 230 g/mol. The summed E-state index contributed by atoms with van der Waals surface area (Å²) in [4.78, 5) is 12.2. The Morgan fingerprint density at radius 3 is 2.67 bits per heavy atom. The first-order valence-corrected chi connectivity index (χ1v) is 5.72. The number of benzene rings is 1. The van der Waals surface area contributed by atoms with Crippen molar-refractivity contribution in [3.63, 3.8) is 0 Å². The molecule has 0 aliphatic carbocycles. The van der Waals surface area contributed by atoms with Crippen molar-refractivity contribution in [2.75, 3.05) is 11.6 Å². The van der Waals surface area contributed by atoms with Gasteiger partial charge in [-0.25, -0.2) is 0 Å². The summed E-state index contributed by atoms with van der Waals surface area (Å²) in [5.74, 6) is 0.432. The van der Waals surface area contributed by atoms with Gasteiger partial charge in [0.25, 0.3) is 5.91 Å². The number of nitrogens with zero attached hydrogens (tertiary/aromatic N) is 2. The minimum atomic E-state index is -0.260. The highest BCUT2D eigenvalue weighted by atomic mass is 16.5. The van der Waals surface area contributed by atoms with Gasteiger partial charge in [0.2, 0.25) is 0 Å². The standard InChI is InChI=1S/C13H15N3O2/c1-3-18-9(2)11-12(14)15-16(13(11)17)10-7-5-4-6-8-10/h4-8H,3H2,1-2H3,(H2,14,15)/b11-9+. The fourth-order valence-electron chi connectivity index (χ4n) is 1.78. The lowest BCUT2D eigenvalue weighted by molar-refractivity contribution is -0.114. The second-order valence-electron chi connectivity index (χ2n) is 3.80. The van der Waals surface area contributed by atoms with Gasteiger partial charge in [0.1, 0.15) is 11.3 Å². The van der Waals surface area contributed by atoms with Gasteiger partial charge < -0.3 is 10.5 Å². The maximum atomic E-state index is 12.2. The molecule has 0 spiro atoms. The van der Waals surface area contributed by atoms with E-state index in [2.05, 4.69) is 5.10 Å². The van der Waals surface area contributed by atoms with Gasteiger partial charge in [-0.1, -0.05) is 18.2 Å². The summed E-state index contributed by atoms with van der Waals surface area (Å²) in [6.45, 7) is 4.06. The number of ether oxygens (including phenoxy) is 1. The molecule has 0 aromatic heterocycles. The summed E-state index contributed by atoms with van der Waals surface area (Å²) >= 11 is 0. The fraction of sp³-hybridized carbons (Fsp3) is 0.231. The molecule has 0 unspecified atom stereocenters. The van der Waals surface area contributed by atoms with Crippen LogP contribution in [0.15, 0.2) is 46.8 Å². The highest BCUT2D eigenvalue weighted by Gasteiger charge is 2.32. The molecule has 5 nitrogen and oxygen atoms in total. The van der Waals surface area contributed by atoms with Gasteiger partial charge in [0, 0.05) is 0 Å². The van der Waals surface area contributed by atoms with Crippen LogP contribution in [0, 0.1) is 0 Å². The Kier molecular flexibility index (Phi) is 3.32. The summed E-state index contributed by atoms with van der Waals surface area (Å²) < 4.78 is 5.32. The number of rotatable bonds is 3. The van der Waals surface area contributed by atoms with Crippen LogP contribution in [0.3, 0.4) is 0 Å². The molecule has 0 saturated heterocycles. The quantitative estimate of drug-likeness (QED) is 0.650. The van der Waals surface area contributed by atoms with Crippen molar-refractivity contribution in [3.8, 4) is 0 Å². The summed E-state index contributed by atoms with van der Waals surface area (Å²) in [6.07, 6.45) is 0. The van der Waals surface area contributed by atoms with E-state index in [1.54, 1.807) is 19.1 Å². The number of allylic oxidation sites excluding steroid dienone is 1. The number of carbonyl (C=O) groups excluding carboxylic acids is 1. The number of hydrogen-bond donors (Lipinski definition) is 1. The van der Waals surface area contributed by atoms with Crippen LogP contribution in [-0.4, -0.2) is 18.3 Å². The molecule has 94 valence electrons. The van der Waals surface area contributed by atoms with Crippen molar-refractivity contribution in [1.82, 2.24) is 0 Å². The molecule has 2 rings (SSSR count). The number of hydrogen-bond acceptors (Lipinski definition) is 4. The maximum absolute atomic E-state index is 12.2. The van der Waals surface area contributed by atoms with Gasteiger partial charge in [0.05, 0.1) is 12.3 Å². The minimum Gasteiger partial charge on any atom is -0.498 e. The molecule has 1 aromatic rings. The van der Waals surface area contributed by atoms with E-state index < -0.39 is 0 Å². The number of para-hydroxylation sites is 1. The molecule has 1 heterocycles. The van der Waals surface area contributed by atoms with Gasteiger partial charge in [0.15, 0.2) is 5.84 Å². The molecule has 1 aliphatic rings. The third-order valence-electron chi connectivity index (χ3n) is 2.58. The van der Waals surface area contributed by atoms with Crippen LogP contribution < -0.4 is 10.7 Å². The normalized spacial score (nSPS) is 17.8. The number of carbonyl (C=O) groups is 1. The van der Waals surface area contributed by atoms with Crippen molar-refractivity contribution in [1.29, 1.82) is 0 Å². The highest BCUT2D eigenvalue weighted by Crippen LogP contribution is 2.23. The average Bonchev–Trinajstić information content (AvgIpc) is 2.66. The third kappa shape index (κ3) is 2.07. The SMILES string of the molecule is CCO/C(C)=C1/C(=O)N(c2ccccc2)N=C1N. The van der Waals surface area contributed by atoms with E-state index in [1.807, 2.05) is 25.1 Å². The predicted octanol–water partition coefficient (Wildman–Crippen LogP) is 1.62. The predicted molar refractivity (Wildman–Crippen MR) is 69.9 cm³/mol. The Bertz CT molecular complexity index is 520. The molecule has 0 atom stereocenters. The van der Waals surface area contributed by atoms with Crippen LogP contribution in [0.4, 0.5) is 5.69 Å². The molecule has 2 N–H and O–H groups in total. The number of amidine groups is 1. The first kappa shape index (κ1) is 12.2. The van der Waals surface area contributed by atoms with E-state index in [0.717, 1.165) is 0 Å². The second-order valence-corrected chi connectivity index (χ2v) is 3.80. The Hall–Kier alpha value is -2.30. The second kappa shape index (κ2) is 4.91. The maximum Gasteiger partial charge on any atom is 0.286 e. The number of anilines is 1. The van der Waals surface area contributed by atoms with E-state index in [1.165, 1.54) is 5.01 Å². The lowest BCUT2D eigenvalue weighted by atomic mass is 10.2. The van der Waals surface area contributed by atoms with Crippen LogP contribution >= 0.6 is 0 Å². The zero-order chi connectivity index (χ0) is 13.1. The first-order chi connectivity index (χ1) is 8.65. The van der Waals surface area contributed by atoms with E-state index in [-0.39, 0.29) is 11.7 Å². The molecule has 0 bridgehead atoms. The van der Waals surface area contributed by atoms with Gasteiger partial charge in [-0.05, 0) is 26.0 Å². The first-order valence-electron chi connectivity index (χ1n) is 5.72. The topological polar surface area (TPSA) is 67.9 Å². The molecular formula is C13H15N3O2. The minimum absolute atomic E-state index is 0.190. The number of hydrazone groups is 1. The monoisotopic (exact) mass is 245 g/mol. The Labute approximate surface area is 106 Å². The van der Waals surface area contributed by atoms with Crippen molar-refractivity contribution >= 4 is 17.4 Å². The van der Waals surface area contributed by atoms with Crippen LogP contribution in [0.25, 0.3) is 0 Å². The largest absolute Gasteiger partial charge is 0.498 e. The van der Waals surface area contributed by atoms with Gasteiger partial charge in [-0.2, -0.15) is 5.01 Å². The van der Waals surface area contributed by atoms with E-state index in [9.17, 15) is 4.79 Å². The molecule has 0 saturated carbocycles. The van der Waals surface area contributed by atoms with Crippen LogP contribution in [-0.2, 0) is 9.53 Å².